The third kappa shape index (κ3) is 5.50. The van der Waals surface area contributed by atoms with Crippen LogP contribution in [0.1, 0.15) is 18.4 Å². The molecule has 7 heteroatoms. The van der Waals surface area contributed by atoms with Crippen molar-refractivity contribution in [3.63, 3.8) is 0 Å². The fraction of sp³-hybridized carbons (Fsp3) is 0.533. The lowest BCUT2D eigenvalue weighted by atomic mass is 10.0. The van der Waals surface area contributed by atoms with Gasteiger partial charge in [0.1, 0.15) is 5.82 Å². The highest BCUT2D eigenvalue weighted by Gasteiger charge is 2.24. The Labute approximate surface area is 144 Å². The fourth-order valence-corrected chi connectivity index (χ4v) is 3.17. The lowest BCUT2D eigenvalue weighted by Gasteiger charge is -2.36. The molecule has 1 saturated heterocycles. The van der Waals surface area contributed by atoms with Gasteiger partial charge in [0.2, 0.25) is 0 Å². The Morgan fingerprint density at radius 1 is 1.45 bits per heavy atom. The average molecular weight is 396 g/mol. The second-order valence-corrected chi connectivity index (χ2v) is 6.47. The molecule has 0 aliphatic carbocycles. The molecule has 124 valence electrons. The Balaban J connectivity index is 0.00000242. The number of carbonyl (C=O) groups is 1. The highest BCUT2D eigenvalue weighted by atomic mass is 79.9. The summed E-state index contributed by atoms with van der Waals surface area (Å²) in [6.45, 7) is 2.40. The molecule has 1 aliphatic heterocycles. The van der Waals surface area contributed by atoms with E-state index < -0.39 is 5.97 Å². The van der Waals surface area contributed by atoms with Gasteiger partial charge in [-0.25, -0.2) is 4.39 Å². The Hall–Kier alpha value is -0.690. The van der Waals surface area contributed by atoms with Crippen LogP contribution in [-0.2, 0) is 11.3 Å². The predicted octanol–water partition coefficient (Wildman–Crippen LogP) is 2.99. The van der Waals surface area contributed by atoms with E-state index in [1.165, 1.54) is 6.07 Å². The standard InChI is InChI=1S/C15H20BrFN2O2.ClH/c1-18(10-15(20)21)13-4-6-19(7-5-13)9-11-8-12(16)2-3-14(11)17;/h2-3,8,13H,4-7,9-10H2,1H3,(H,20,21);1H. The van der Waals surface area contributed by atoms with Crippen molar-refractivity contribution >= 4 is 34.3 Å². The van der Waals surface area contributed by atoms with Crippen LogP contribution in [0.25, 0.3) is 0 Å². The summed E-state index contributed by atoms with van der Waals surface area (Å²) in [5.74, 6) is -0.973. The zero-order valence-corrected chi connectivity index (χ0v) is 14.9. The molecule has 1 aromatic carbocycles. The van der Waals surface area contributed by atoms with Gasteiger partial charge >= 0.3 is 5.97 Å². The maximum Gasteiger partial charge on any atom is 0.317 e. The molecule has 1 aliphatic rings. The van der Waals surface area contributed by atoms with Crippen LogP contribution in [0.15, 0.2) is 22.7 Å². The van der Waals surface area contributed by atoms with Gasteiger partial charge in [-0.1, -0.05) is 15.9 Å². The zero-order valence-electron chi connectivity index (χ0n) is 12.5. The molecule has 0 amide bonds. The molecular formula is C15H21BrClFN2O2. The summed E-state index contributed by atoms with van der Waals surface area (Å²) >= 11 is 3.37. The molecule has 1 heterocycles. The van der Waals surface area contributed by atoms with Gasteiger partial charge in [0.15, 0.2) is 0 Å². The van der Waals surface area contributed by atoms with Crippen LogP contribution in [0.4, 0.5) is 4.39 Å². The van der Waals surface area contributed by atoms with Gasteiger partial charge in [0.25, 0.3) is 0 Å². The summed E-state index contributed by atoms with van der Waals surface area (Å²) in [4.78, 5) is 14.8. The first-order valence-corrected chi connectivity index (χ1v) is 7.83. The molecule has 0 atom stereocenters. The van der Waals surface area contributed by atoms with Gasteiger partial charge in [0, 0.05) is 22.6 Å². The van der Waals surface area contributed by atoms with E-state index in [0.29, 0.717) is 18.2 Å². The molecule has 1 fully saturated rings. The van der Waals surface area contributed by atoms with E-state index in [4.69, 9.17) is 5.11 Å². The number of benzene rings is 1. The molecule has 0 aromatic heterocycles. The summed E-state index contributed by atoms with van der Waals surface area (Å²) < 4.78 is 14.6. The van der Waals surface area contributed by atoms with E-state index in [0.717, 1.165) is 30.4 Å². The van der Waals surface area contributed by atoms with Crippen molar-refractivity contribution in [3.8, 4) is 0 Å². The number of hydrogen-bond donors (Lipinski definition) is 1. The Kier molecular flexibility index (Phi) is 7.76. The SMILES string of the molecule is CN(CC(=O)O)C1CCN(Cc2cc(Br)ccc2F)CC1.Cl. The number of halogens is 3. The number of rotatable bonds is 5. The molecule has 0 bridgehead atoms. The number of carboxylic acids is 1. The van der Waals surface area contributed by atoms with E-state index >= 15 is 0 Å². The van der Waals surface area contributed by atoms with Crippen LogP contribution in [0.3, 0.4) is 0 Å². The molecular weight excluding hydrogens is 375 g/mol. The molecule has 22 heavy (non-hydrogen) atoms. The van der Waals surface area contributed by atoms with E-state index in [9.17, 15) is 9.18 Å². The van der Waals surface area contributed by atoms with Crippen LogP contribution < -0.4 is 0 Å². The Morgan fingerprint density at radius 3 is 2.68 bits per heavy atom. The zero-order chi connectivity index (χ0) is 15.4. The molecule has 0 saturated carbocycles. The molecule has 0 radical (unpaired) electrons. The third-order valence-corrected chi connectivity index (χ3v) is 4.46. The van der Waals surface area contributed by atoms with Gasteiger partial charge in [0.05, 0.1) is 6.54 Å². The van der Waals surface area contributed by atoms with Crippen molar-refractivity contribution in [1.29, 1.82) is 0 Å². The normalized spacial score (nSPS) is 16.5. The maximum absolute atomic E-state index is 13.8. The van der Waals surface area contributed by atoms with Crippen molar-refractivity contribution in [2.45, 2.75) is 25.4 Å². The molecule has 1 aromatic rings. The number of aliphatic carboxylic acids is 1. The van der Waals surface area contributed by atoms with Gasteiger partial charge in [-0.15, -0.1) is 12.4 Å². The highest BCUT2D eigenvalue weighted by molar-refractivity contribution is 9.10. The van der Waals surface area contributed by atoms with Crippen molar-refractivity contribution in [1.82, 2.24) is 9.80 Å². The van der Waals surface area contributed by atoms with Gasteiger partial charge in [-0.2, -0.15) is 0 Å². The summed E-state index contributed by atoms with van der Waals surface area (Å²) in [7, 11) is 1.85. The Bertz CT molecular complexity index is 510. The number of piperidine rings is 1. The van der Waals surface area contributed by atoms with Gasteiger partial charge < -0.3 is 5.11 Å². The molecule has 0 spiro atoms. The van der Waals surface area contributed by atoms with Crippen LogP contribution in [0.5, 0.6) is 0 Å². The maximum atomic E-state index is 13.8. The topological polar surface area (TPSA) is 43.8 Å². The number of nitrogens with zero attached hydrogens (tertiary/aromatic N) is 2. The first-order valence-electron chi connectivity index (χ1n) is 7.04. The monoisotopic (exact) mass is 394 g/mol. The number of hydrogen-bond acceptors (Lipinski definition) is 3. The summed E-state index contributed by atoms with van der Waals surface area (Å²) in [5, 5.41) is 8.82. The first-order chi connectivity index (χ1) is 9.95. The highest BCUT2D eigenvalue weighted by Crippen LogP contribution is 2.21. The predicted molar refractivity (Wildman–Crippen MR) is 89.9 cm³/mol. The Morgan fingerprint density at radius 2 is 2.09 bits per heavy atom. The quantitative estimate of drug-likeness (QED) is 0.832. The average Bonchev–Trinajstić information content (AvgIpc) is 2.43. The second-order valence-electron chi connectivity index (χ2n) is 5.55. The minimum absolute atomic E-state index is 0. The lowest BCUT2D eigenvalue weighted by Crippen LogP contribution is -2.44. The fourth-order valence-electron chi connectivity index (χ4n) is 2.77. The van der Waals surface area contributed by atoms with E-state index in [1.807, 2.05) is 18.0 Å². The number of likely N-dealkylation sites (tertiary alicyclic amines) is 1. The van der Waals surface area contributed by atoms with Crippen LogP contribution in [0, 0.1) is 5.82 Å². The third-order valence-electron chi connectivity index (χ3n) is 3.97. The van der Waals surface area contributed by atoms with Crippen molar-refractivity contribution in [3.05, 3.63) is 34.1 Å². The van der Waals surface area contributed by atoms with E-state index in [1.54, 1.807) is 6.07 Å². The van der Waals surface area contributed by atoms with Gasteiger partial charge in [-0.3, -0.25) is 14.6 Å². The number of carboxylic acid groups (broad SMARTS) is 1. The van der Waals surface area contributed by atoms with E-state index in [-0.39, 0.29) is 24.8 Å². The molecule has 4 nitrogen and oxygen atoms in total. The van der Waals surface area contributed by atoms with Crippen molar-refractivity contribution in [2.24, 2.45) is 0 Å². The van der Waals surface area contributed by atoms with Gasteiger partial charge in [-0.05, 0) is 51.2 Å². The van der Waals surface area contributed by atoms with Crippen LogP contribution in [0.2, 0.25) is 0 Å². The first kappa shape index (κ1) is 19.4. The summed E-state index contributed by atoms with van der Waals surface area (Å²) in [5.41, 5.74) is 0.696. The molecule has 2 rings (SSSR count). The van der Waals surface area contributed by atoms with Crippen LogP contribution >= 0.6 is 28.3 Å². The van der Waals surface area contributed by atoms with Crippen molar-refractivity contribution < 1.29 is 14.3 Å². The largest absolute Gasteiger partial charge is 0.480 e. The number of likely N-dealkylation sites (N-methyl/N-ethyl adjacent to an activating group) is 1. The minimum atomic E-state index is -0.795. The summed E-state index contributed by atoms with van der Waals surface area (Å²) in [6, 6.07) is 5.29. The molecule has 0 unspecified atom stereocenters. The summed E-state index contributed by atoms with van der Waals surface area (Å²) in [6.07, 6.45) is 1.83. The van der Waals surface area contributed by atoms with E-state index in [2.05, 4.69) is 20.8 Å². The van der Waals surface area contributed by atoms with Crippen molar-refractivity contribution in [2.75, 3.05) is 26.7 Å². The lowest BCUT2D eigenvalue weighted by molar-refractivity contribution is -0.138. The molecule has 1 N–H and O–H groups in total. The van der Waals surface area contributed by atoms with Crippen LogP contribution in [-0.4, -0.2) is 53.6 Å². The smallest absolute Gasteiger partial charge is 0.317 e. The second kappa shape index (κ2) is 8.82. The minimum Gasteiger partial charge on any atom is -0.480 e.